The van der Waals surface area contributed by atoms with Crippen LogP contribution in [0.2, 0.25) is 5.02 Å². The van der Waals surface area contributed by atoms with E-state index in [1.807, 2.05) is 18.2 Å². The van der Waals surface area contributed by atoms with Crippen molar-refractivity contribution in [2.45, 2.75) is 45.2 Å². The van der Waals surface area contributed by atoms with Crippen LogP contribution in [-0.2, 0) is 11.3 Å². The van der Waals surface area contributed by atoms with Crippen molar-refractivity contribution in [2.75, 3.05) is 0 Å². The van der Waals surface area contributed by atoms with Gasteiger partial charge >= 0.3 is 5.97 Å². The Bertz CT molecular complexity index is 453. The maximum atomic E-state index is 10.9. The highest BCUT2D eigenvalue weighted by atomic mass is 35.5. The normalized spacial score (nSPS) is 23.3. The van der Waals surface area contributed by atoms with E-state index in [9.17, 15) is 4.79 Å². The molecule has 0 bridgehead atoms. The maximum Gasteiger partial charge on any atom is 0.306 e. The summed E-state index contributed by atoms with van der Waals surface area (Å²) in [6.07, 6.45) is 3.46. The number of carboxylic acids is 1. The van der Waals surface area contributed by atoms with Crippen LogP contribution in [0, 0.1) is 12.8 Å². The summed E-state index contributed by atoms with van der Waals surface area (Å²) in [6.45, 7) is 2.88. The summed E-state index contributed by atoms with van der Waals surface area (Å²) in [7, 11) is 0. The zero-order valence-electron chi connectivity index (χ0n) is 11.2. The van der Waals surface area contributed by atoms with Crippen molar-refractivity contribution in [1.29, 1.82) is 0 Å². The highest BCUT2D eigenvalue weighted by molar-refractivity contribution is 6.30. The number of rotatable bonds is 4. The maximum absolute atomic E-state index is 10.9. The molecule has 2 rings (SSSR count). The lowest BCUT2D eigenvalue weighted by atomic mass is 9.86. The molecule has 0 unspecified atom stereocenters. The van der Waals surface area contributed by atoms with Crippen molar-refractivity contribution in [3.63, 3.8) is 0 Å². The number of aryl methyl sites for hydroxylation is 1. The molecule has 1 aromatic carbocycles. The molecule has 1 saturated carbocycles. The van der Waals surface area contributed by atoms with E-state index < -0.39 is 5.97 Å². The van der Waals surface area contributed by atoms with Crippen LogP contribution >= 0.6 is 11.6 Å². The minimum absolute atomic E-state index is 0.143. The van der Waals surface area contributed by atoms with E-state index in [0.29, 0.717) is 6.04 Å². The third-order valence-electron chi connectivity index (χ3n) is 3.96. The molecule has 0 spiro atoms. The lowest BCUT2D eigenvalue weighted by Crippen LogP contribution is -2.34. The average Bonchev–Trinajstić information content (AvgIpc) is 2.38. The van der Waals surface area contributed by atoms with E-state index >= 15 is 0 Å². The fraction of sp³-hybridized carbons (Fsp3) is 0.533. The number of benzene rings is 1. The van der Waals surface area contributed by atoms with Gasteiger partial charge in [-0.3, -0.25) is 4.79 Å². The van der Waals surface area contributed by atoms with Crippen molar-refractivity contribution in [3.8, 4) is 0 Å². The Labute approximate surface area is 119 Å². The monoisotopic (exact) mass is 281 g/mol. The Balaban J connectivity index is 1.82. The second-order valence-corrected chi connectivity index (χ2v) is 5.77. The lowest BCUT2D eigenvalue weighted by molar-refractivity contribution is -0.142. The molecule has 19 heavy (non-hydrogen) atoms. The predicted molar refractivity (Wildman–Crippen MR) is 76.4 cm³/mol. The number of nitrogens with one attached hydrogen (secondary N) is 1. The van der Waals surface area contributed by atoms with Gasteiger partial charge < -0.3 is 10.4 Å². The van der Waals surface area contributed by atoms with Gasteiger partial charge in [0.05, 0.1) is 5.92 Å². The largest absolute Gasteiger partial charge is 0.481 e. The Hall–Kier alpha value is -1.06. The van der Waals surface area contributed by atoms with Gasteiger partial charge in [-0.15, -0.1) is 0 Å². The van der Waals surface area contributed by atoms with Crippen LogP contribution in [0.25, 0.3) is 0 Å². The van der Waals surface area contributed by atoms with Crippen LogP contribution in [0.3, 0.4) is 0 Å². The van der Waals surface area contributed by atoms with Crippen molar-refractivity contribution in [3.05, 3.63) is 34.3 Å². The number of hydrogen-bond acceptors (Lipinski definition) is 2. The molecule has 0 saturated heterocycles. The highest BCUT2D eigenvalue weighted by Crippen LogP contribution is 2.25. The fourth-order valence-corrected chi connectivity index (χ4v) is 2.88. The van der Waals surface area contributed by atoms with E-state index in [0.717, 1.165) is 37.3 Å². The molecule has 0 aliphatic heterocycles. The number of halogens is 1. The molecule has 1 aromatic rings. The Kier molecular flexibility index (Phi) is 4.83. The van der Waals surface area contributed by atoms with Crippen LogP contribution in [-0.4, -0.2) is 17.1 Å². The van der Waals surface area contributed by atoms with Crippen LogP contribution < -0.4 is 5.32 Å². The molecular formula is C15H20ClNO2. The second-order valence-electron chi connectivity index (χ2n) is 5.34. The van der Waals surface area contributed by atoms with E-state index in [4.69, 9.17) is 16.7 Å². The van der Waals surface area contributed by atoms with E-state index in [1.165, 1.54) is 11.1 Å². The molecule has 0 amide bonds. The van der Waals surface area contributed by atoms with Crippen LogP contribution in [0.1, 0.15) is 36.8 Å². The van der Waals surface area contributed by atoms with Gasteiger partial charge in [-0.25, -0.2) is 0 Å². The summed E-state index contributed by atoms with van der Waals surface area (Å²) < 4.78 is 0. The van der Waals surface area contributed by atoms with Crippen LogP contribution in [0.15, 0.2) is 18.2 Å². The van der Waals surface area contributed by atoms with Gasteiger partial charge in [0.2, 0.25) is 0 Å². The summed E-state index contributed by atoms with van der Waals surface area (Å²) in [6, 6.07) is 6.37. The first kappa shape index (κ1) is 14.4. The topological polar surface area (TPSA) is 49.3 Å². The number of carbonyl (C=O) groups is 1. The zero-order valence-corrected chi connectivity index (χ0v) is 11.9. The average molecular weight is 282 g/mol. The summed E-state index contributed by atoms with van der Waals surface area (Å²) in [5.41, 5.74) is 2.45. The first-order valence-corrected chi connectivity index (χ1v) is 7.15. The molecule has 104 valence electrons. The third-order valence-corrected chi connectivity index (χ3v) is 4.20. The Morgan fingerprint density at radius 2 is 2.05 bits per heavy atom. The SMILES string of the molecule is Cc1cc(Cl)ccc1CNC1CCC(C(=O)O)CC1. The molecule has 0 atom stereocenters. The first-order valence-electron chi connectivity index (χ1n) is 6.77. The minimum atomic E-state index is -0.646. The summed E-state index contributed by atoms with van der Waals surface area (Å²) in [5.74, 6) is -0.790. The number of aliphatic carboxylic acids is 1. The first-order chi connectivity index (χ1) is 9.06. The summed E-state index contributed by atoms with van der Waals surface area (Å²) >= 11 is 5.94. The predicted octanol–water partition coefficient (Wildman–Crippen LogP) is 3.38. The molecule has 0 heterocycles. The smallest absolute Gasteiger partial charge is 0.306 e. The highest BCUT2D eigenvalue weighted by Gasteiger charge is 2.25. The standard InChI is InChI=1S/C15H20ClNO2/c1-10-8-13(16)5-2-12(10)9-17-14-6-3-11(4-7-14)15(18)19/h2,5,8,11,14,17H,3-4,6-7,9H2,1H3,(H,18,19). The Morgan fingerprint density at radius 3 is 2.63 bits per heavy atom. The number of carboxylic acid groups (broad SMARTS) is 1. The van der Waals surface area contributed by atoms with E-state index in [1.54, 1.807) is 0 Å². The van der Waals surface area contributed by atoms with Crippen molar-refractivity contribution < 1.29 is 9.90 Å². The van der Waals surface area contributed by atoms with Gasteiger partial charge in [0.15, 0.2) is 0 Å². The second kappa shape index (κ2) is 6.40. The van der Waals surface area contributed by atoms with Gasteiger partial charge in [-0.1, -0.05) is 17.7 Å². The Morgan fingerprint density at radius 1 is 1.37 bits per heavy atom. The molecule has 1 fully saturated rings. The van der Waals surface area contributed by atoms with E-state index in [-0.39, 0.29) is 5.92 Å². The summed E-state index contributed by atoms with van der Waals surface area (Å²) in [5, 5.41) is 13.3. The number of hydrogen-bond donors (Lipinski definition) is 2. The minimum Gasteiger partial charge on any atom is -0.481 e. The lowest BCUT2D eigenvalue weighted by Gasteiger charge is -2.27. The fourth-order valence-electron chi connectivity index (χ4n) is 2.66. The molecule has 0 aromatic heterocycles. The third kappa shape index (κ3) is 3.95. The molecule has 2 N–H and O–H groups in total. The van der Waals surface area contributed by atoms with Crippen molar-refractivity contribution >= 4 is 17.6 Å². The van der Waals surface area contributed by atoms with Crippen LogP contribution in [0.5, 0.6) is 0 Å². The molecular weight excluding hydrogens is 262 g/mol. The quantitative estimate of drug-likeness (QED) is 0.889. The van der Waals surface area contributed by atoms with Gasteiger partial charge in [-0.2, -0.15) is 0 Å². The van der Waals surface area contributed by atoms with Gasteiger partial charge in [0.1, 0.15) is 0 Å². The van der Waals surface area contributed by atoms with Gasteiger partial charge in [-0.05, 0) is 55.9 Å². The van der Waals surface area contributed by atoms with Gasteiger partial charge in [0.25, 0.3) is 0 Å². The molecule has 4 heteroatoms. The van der Waals surface area contributed by atoms with Crippen molar-refractivity contribution in [2.24, 2.45) is 5.92 Å². The van der Waals surface area contributed by atoms with Crippen LogP contribution in [0.4, 0.5) is 0 Å². The molecule has 1 aliphatic carbocycles. The zero-order chi connectivity index (χ0) is 13.8. The molecule has 0 radical (unpaired) electrons. The van der Waals surface area contributed by atoms with E-state index in [2.05, 4.69) is 12.2 Å². The van der Waals surface area contributed by atoms with Crippen molar-refractivity contribution in [1.82, 2.24) is 5.32 Å². The molecule has 1 aliphatic rings. The molecule has 3 nitrogen and oxygen atoms in total. The van der Waals surface area contributed by atoms with Gasteiger partial charge in [0, 0.05) is 17.6 Å². The summed E-state index contributed by atoms with van der Waals surface area (Å²) in [4.78, 5) is 10.9.